The van der Waals surface area contributed by atoms with E-state index in [2.05, 4.69) is 0 Å². The molecule has 1 aliphatic heterocycles. The van der Waals surface area contributed by atoms with Gasteiger partial charge in [-0.3, -0.25) is 9.59 Å². The Balaban J connectivity index is 2.01. The van der Waals surface area contributed by atoms with Gasteiger partial charge in [-0.15, -0.1) is 0 Å². The van der Waals surface area contributed by atoms with Crippen molar-refractivity contribution >= 4 is 11.8 Å². The van der Waals surface area contributed by atoms with Gasteiger partial charge in [-0.25, -0.2) is 0 Å². The lowest BCUT2D eigenvalue weighted by Crippen LogP contribution is -2.53. The number of hydrogen-bond donors (Lipinski definition) is 1. The van der Waals surface area contributed by atoms with Crippen LogP contribution >= 0.6 is 0 Å². The molecule has 0 bridgehead atoms. The fraction of sp³-hybridized carbons (Fsp3) is 0.529. The largest absolute Gasteiger partial charge is 0.416 e. The molecule has 1 aromatic rings. The van der Waals surface area contributed by atoms with Gasteiger partial charge in [0.2, 0.25) is 5.91 Å². The normalized spacial score (nSPS) is 18.0. The lowest BCUT2D eigenvalue weighted by molar-refractivity contribution is -0.138. The summed E-state index contributed by atoms with van der Waals surface area (Å²) in [4.78, 5) is 27.8. The zero-order valence-corrected chi connectivity index (χ0v) is 14.2. The van der Waals surface area contributed by atoms with Crippen LogP contribution in [0.2, 0.25) is 0 Å². The average molecular weight is 357 g/mol. The molecule has 0 spiro atoms. The summed E-state index contributed by atoms with van der Waals surface area (Å²) >= 11 is 0. The Bertz CT molecular complexity index is 638. The molecule has 1 saturated heterocycles. The smallest absolute Gasteiger partial charge is 0.339 e. The minimum atomic E-state index is -4.49. The first-order valence-electron chi connectivity index (χ1n) is 8.12. The van der Waals surface area contributed by atoms with Crippen molar-refractivity contribution in [3.8, 4) is 0 Å². The Morgan fingerprint density at radius 1 is 1.08 bits per heavy atom. The van der Waals surface area contributed by atoms with E-state index in [1.54, 1.807) is 18.7 Å². The zero-order chi connectivity index (χ0) is 18.8. The number of benzene rings is 1. The fourth-order valence-corrected chi connectivity index (χ4v) is 2.65. The van der Waals surface area contributed by atoms with E-state index in [1.165, 1.54) is 17.0 Å². The molecule has 0 aromatic heterocycles. The van der Waals surface area contributed by atoms with Crippen molar-refractivity contribution in [2.75, 3.05) is 26.2 Å². The number of halogens is 3. The predicted molar refractivity (Wildman–Crippen MR) is 86.7 cm³/mol. The van der Waals surface area contributed by atoms with Crippen LogP contribution in [0, 0.1) is 5.92 Å². The highest BCUT2D eigenvalue weighted by Crippen LogP contribution is 2.29. The van der Waals surface area contributed by atoms with Gasteiger partial charge in [-0.2, -0.15) is 13.2 Å². The summed E-state index contributed by atoms with van der Waals surface area (Å²) in [6.07, 6.45) is -4.49. The Kier molecular flexibility index (Phi) is 5.72. The fourth-order valence-electron chi connectivity index (χ4n) is 2.65. The maximum Gasteiger partial charge on any atom is 0.416 e. The maximum absolute atomic E-state index is 12.8. The Hall–Kier alpha value is -2.09. The molecular formula is C17H22F3N3O2. The number of amides is 2. The van der Waals surface area contributed by atoms with Crippen LogP contribution in [0.25, 0.3) is 0 Å². The van der Waals surface area contributed by atoms with Crippen molar-refractivity contribution in [3.63, 3.8) is 0 Å². The van der Waals surface area contributed by atoms with Gasteiger partial charge < -0.3 is 15.5 Å². The lowest BCUT2D eigenvalue weighted by Gasteiger charge is -2.36. The van der Waals surface area contributed by atoms with Crippen LogP contribution in [0.4, 0.5) is 13.2 Å². The Morgan fingerprint density at radius 3 is 2.16 bits per heavy atom. The van der Waals surface area contributed by atoms with E-state index in [1.807, 2.05) is 0 Å². The molecule has 1 fully saturated rings. The van der Waals surface area contributed by atoms with Gasteiger partial charge in [-0.05, 0) is 25.1 Å². The molecule has 5 nitrogen and oxygen atoms in total. The van der Waals surface area contributed by atoms with E-state index in [4.69, 9.17) is 5.73 Å². The summed E-state index contributed by atoms with van der Waals surface area (Å²) in [6, 6.07) is 4.12. The molecule has 1 heterocycles. The van der Waals surface area contributed by atoms with Gasteiger partial charge in [0.05, 0.1) is 11.5 Å². The Morgan fingerprint density at radius 2 is 1.64 bits per heavy atom. The molecule has 138 valence electrons. The number of carbonyl (C=O) groups is 2. The lowest BCUT2D eigenvalue weighted by atomic mass is 10.0. The van der Waals surface area contributed by atoms with E-state index in [9.17, 15) is 22.8 Å². The summed E-state index contributed by atoms with van der Waals surface area (Å²) in [5.74, 6) is -0.842. The molecule has 2 unspecified atom stereocenters. The van der Waals surface area contributed by atoms with Gasteiger partial charge >= 0.3 is 6.18 Å². The molecule has 2 atom stereocenters. The third-order valence-electron chi connectivity index (χ3n) is 4.49. The first-order chi connectivity index (χ1) is 11.6. The van der Waals surface area contributed by atoms with Crippen LogP contribution < -0.4 is 5.73 Å². The number of alkyl halides is 3. The van der Waals surface area contributed by atoms with Crippen molar-refractivity contribution in [2.45, 2.75) is 26.1 Å². The first kappa shape index (κ1) is 19.2. The predicted octanol–water partition coefficient (Wildman–Crippen LogP) is 1.97. The van der Waals surface area contributed by atoms with Crippen molar-refractivity contribution in [1.29, 1.82) is 0 Å². The van der Waals surface area contributed by atoms with Crippen molar-refractivity contribution in [2.24, 2.45) is 11.7 Å². The monoisotopic (exact) mass is 357 g/mol. The second-order valence-corrected chi connectivity index (χ2v) is 6.34. The van der Waals surface area contributed by atoms with Gasteiger partial charge in [-0.1, -0.05) is 13.0 Å². The van der Waals surface area contributed by atoms with Crippen LogP contribution in [0.1, 0.15) is 29.8 Å². The van der Waals surface area contributed by atoms with Gasteiger partial charge in [0, 0.05) is 37.8 Å². The molecule has 25 heavy (non-hydrogen) atoms. The minimum Gasteiger partial charge on any atom is -0.339 e. The molecule has 1 aromatic carbocycles. The van der Waals surface area contributed by atoms with E-state index >= 15 is 0 Å². The van der Waals surface area contributed by atoms with Crippen LogP contribution in [-0.4, -0.2) is 53.8 Å². The number of piperazine rings is 1. The molecule has 1 aliphatic rings. The number of nitrogens with zero attached hydrogens (tertiary/aromatic N) is 2. The topological polar surface area (TPSA) is 66.6 Å². The summed E-state index contributed by atoms with van der Waals surface area (Å²) in [7, 11) is 0. The van der Waals surface area contributed by atoms with E-state index in [0.29, 0.717) is 13.1 Å². The molecule has 0 saturated carbocycles. The molecule has 2 N–H and O–H groups in total. The Labute approximate surface area is 144 Å². The minimum absolute atomic E-state index is 0.00134. The second kappa shape index (κ2) is 7.43. The van der Waals surface area contributed by atoms with Gasteiger partial charge in [0.15, 0.2) is 0 Å². The van der Waals surface area contributed by atoms with Crippen molar-refractivity contribution in [3.05, 3.63) is 35.4 Å². The van der Waals surface area contributed by atoms with Gasteiger partial charge in [0.1, 0.15) is 0 Å². The standard InChI is InChI=1S/C17H22F3N3O2/c1-11(12(2)21)15(24)22-6-8-23(9-7-22)16(25)13-4-3-5-14(10-13)17(18,19)20/h3-5,10-12H,6-9,21H2,1-2H3. The third kappa shape index (κ3) is 4.50. The summed E-state index contributed by atoms with van der Waals surface area (Å²) in [5, 5.41) is 0. The van der Waals surface area contributed by atoms with Crippen molar-refractivity contribution < 1.29 is 22.8 Å². The maximum atomic E-state index is 12.8. The average Bonchev–Trinajstić information content (AvgIpc) is 2.59. The quantitative estimate of drug-likeness (QED) is 0.899. The van der Waals surface area contributed by atoms with E-state index in [-0.39, 0.29) is 36.5 Å². The number of nitrogens with two attached hydrogens (primary N) is 1. The zero-order valence-electron chi connectivity index (χ0n) is 14.2. The molecular weight excluding hydrogens is 335 g/mol. The van der Waals surface area contributed by atoms with Crippen LogP contribution in [0.15, 0.2) is 24.3 Å². The number of rotatable bonds is 3. The SMILES string of the molecule is CC(N)C(C)C(=O)N1CCN(C(=O)c2cccc(C(F)(F)F)c2)CC1. The van der Waals surface area contributed by atoms with Gasteiger partial charge in [0.25, 0.3) is 5.91 Å². The van der Waals surface area contributed by atoms with Crippen LogP contribution in [0.5, 0.6) is 0 Å². The van der Waals surface area contributed by atoms with Crippen LogP contribution in [-0.2, 0) is 11.0 Å². The summed E-state index contributed by atoms with van der Waals surface area (Å²) in [6.45, 7) is 4.78. The van der Waals surface area contributed by atoms with Crippen LogP contribution in [0.3, 0.4) is 0 Å². The second-order valence-electron chi connectivity index (χ2n) is 6.34. The highest BCUT2D eigenvalue weighted by molar-refractivity contribution is 5.94. The first-order valence-corrected chi connectivity index (χ1v) is 8.12. The summed E-state index contributed by atoms with van der Waals surface area (Å²) in [5.41, 5.74) is 4.89. The molecule has 0 radical (unpaired) electrons. The van der Waals surface area contributed by atoms with E-state index < -0.39 is 17.6 Å². The number of hydrogen-bond acceptors (Lipinski definition) is 3. The molecule has 2 amide bonds. The highest BCUT2D eigenvalue weighted by atomic mass is 19.4. The molecule has 2 rings (SSSR count). The number of carbonyl (C=O) groups excluding carboxylic acids is 2. The molecule has 8 heteroatoms. The van der Waals surface area contributed by atoms with Crippen molar-refractivity contribution in [1.82, 2.24) is 9.80 Å². The third-order valence-corrected chi connectivity index (χ3v) is 4.49. The summed E-state index contributed by atoms with van der Waals surface area (Å²) < 4.78 is 38.3. The van der Waals surface area contributed by atoms with E-state index in [0.717, 1.165) is 12.1 Å². The highest BCUT2D eigenvalue weighted by Gasteiger charge is 2.32. The molecule has 0 aliphatic carbocycles.